The summed E-state index contributed by atoms with van der Waals surface area (Å²) in [6, 6.07) is 66.7. The second kappa shape index (κ2) is 15.7. The van der Waals surface area contributed by atoms with Crippen molar-refractivity contribution in [3.8, 4) is 0 Å². The van der Waals surface area contributed by atoms with E-state index in [1.54, 1.807) is 243 Å². The van der Waals surface area contributed by atoms with E-state index in [0.717, 1.165) is 0 Å². The average molecular weight is 977 g/mol. The van der Waals surface area contributed by atoms with Crippen LogP contribution < -0.4 is 0 Å². The number of carbonyl (C=O) groups is 4. The average Bonchev–Trinajstić information content (AvgIpc) is 4.05. The van der Waals surface area contributed by atoms with Crippen LogP contribution in [0.1, 0.15) is 44.5 Å². The Bertz CT molecular complexity index is 2750. The van der Waals surface area contributed by atoms with Crippen molar-refractivity contribution in [1.29, 1.82) is 0 Å². The molecule has 0 N–H and O–H groups in total. The molecule has 12 rings (SSSR count). The van der Waals surface area contributed by atoms with Gasteiger partial charge in [-0.05, 0) is 0 Å². The predicted molar refractivity (Wildman–Crippen MR) is 256 cm³/mol. The molecule has 8 aromatic rings. The summed E-state index contributed by atoms with van der Waals surface area (Å²) in [5, 5.41) is 0. The monoisotopic (exact) mass is 976 g/mol. The molecule has 71 heavy (non-hydrogen) atoms. The van der Waals surface area contributed by atoms with Crippen LogP contribution in [-0.4, -0.2) is 41.0 Å². The molecule has 0 aliphatic carbocycles. The number of hydrogen-bond donors (Lipinski definition) is 0. The summed E-state index contributed by atoms with van der Waals surface area (Å²) in [6.45, 7) is 0. The zero-order valence-corrected chi connectivity index (χ0v) is 39.4. The summed E-state index contributed by atoms with van der Waals surface area (Å²) in [7, 11) is -14.7. The Balaban J connectivity index is 1.20. The van der Waals surface area contributed by atoms with E-state index in [4.69, 9.17) is 39.5 Å². The SMILES string of the molecule is O=C1O[Si-]2(O[Si-]34(OC(=O)C(c5ccccc5)(c5ccccc5)O3)OC(=O)C(c3ccccc3)(c3ccccc3)O4)(OC(=O)C(c3ccccc3)(c3ccccc3)O2)OC1(c1ccccc1)c1ccccc1. The van der Waals surface area contributed by atoms with Crippen LogP contribution in [-0.2, 0) is 81.1 Å². The third-order valence-electron chi connectivity index (χ3n) is 13.2. The third-order valence-corrected chi connectivity index (χ3v) is 20.5. The molecular weight excluding hydrogens is 937 g/mol. The molecule has 0 radical (unpaired) electrons. The molecule has 0 bridgehead atoms. The summed E-state index contributed by atoms with van der Waals surface area (Å²) in [5.41, 5.74) is -7.93. The van der Waals surface area contributed by atoms with E-state index in [-0.39, 0.29) is 44.5 Å². The predicted octanol–water partition coefficient (Wildman–Crippen LogP) is 8.84. The standard InChI is InChI=1S/C56H40O13Si2/c57-49-53(41-25-9-1-10-26-41,42-27-11-2-12-28-42)65-70(61-49,62-50(58)54(66-70,43-29-13-3-14-30-43)44-31-15-4-16-32-44)69-71(63-51(59)55(67-71,45-33-17-5-18-34-45)46-35-19-6-20-36-46)64-52(60)56(68-71,47-37-21-7-22-38-47)48-39-23-8-24-40-48/h1-40H/q-2. The molecule has 0 saturated carbocycles. The van der Waals surface area contributed by atoms with E-state index in [0.29, 0.717) is 0 Å². The van der Waals surface area contributed by atoms with Gasteiger partial charge >= 0.3 is 409 Å². The summed E-state index contributed by atoms with van der Waals surface area (Å²) < 4.78 is 63.2. The van der Waals surface area contributed by atoms with Crippen LogP contribution in [0, 0.1) is 0 Å². The van der Waals surface area contributed by atoms with Gasteiger partial charge in [-0.25, -0.2) is 0 Å². The van der Waals surface area contributed by atoms with Gasteiger partial charge in [0.1, 0.15) is 0 Å². The van der Waals surface area contributed by atoms with E-state index in [2.05, 4.69) is 0 Å². The molecule has 0 aromatic heterocycles. The molecule has 13 nitrogen and oxygen atoms in total. The third kappa shape index (κ3) is 6.28. The fourth-order valence-electron chi connectivity index (χ4n) is 10.2. The Morgan fingerprint density at radius 3 is 0.521 bits per heavy atom. The molecular formula is C56H40O13Si2-2. The van der Waals surface area contributed by atoms with Crippen LogP contribution in [0.4, 0.5) is 0 Å². The van der Waals surface area contributed by atoms with Crippen molar-refractivity contribution < 1.29 is 58.7 Å². The van der Waals surface area contributed by atoms with Crippen LogP contribution >= 0.6 is 0 Å². The van der Waals surface area contributed by atoms with E-state index in [9.17, 15) is 0 Å². The van der Waals surface area contributed by atoms with Gasteiger partial charge in [0.2, 0.25) is 0 Å². The van der Waals surface area contributed by atoms with Crippen molar-refractivity contribution >= 4 is 41.0 Å². The van der Waals surface area contributed by atoms with Gasteiger partial charge in [-0.15, -0.1) is 0 Å². The number of carbonyl (C=O) groups excluding carboxylic acids is 4. The number of benzene rings is 8. The molecule has 4 fully saturated rings. The molecule has 0 atom stereocenters. The first kappa shape index (κ1) is 44.1. The van der Waals surface area contributed by atoms with Crippen molar-refractivity contribution in [2.75, 3.05) is 0 Å². The fraction of sp³-hybridized carbons (Fsp3) is 0.0714. The minimum absolute atomic E-state index is 0.193. The molecule has 0 amide bonds. The van der Waals surface area contributed by atoms with E-state index in [1.165, 1.54) is 0 Å². The van der Waals surface area contributed by atoms with Gasteiger partial charge in [0.05, 0.1) is 0 Å². The van der Waals surface area contributed by atoms with Gasteiger partial charge in [-0.2, -0.15) is 0 Å². The molecule has 8 aromatic carbocycles. The van der Waals surface area contributed by atoms with Gasteiger partial charge in [0.15, 0.2) is 0 Å². The Morgan fingerprint density at radius 2 is 0.380 bits per heavy atom. The van der Waals surface area contributed by atoms with Gasteiger partial charge in [0.25, 0.3) is 0 Å². The zero-order chi connectivity index (χ0) is 48.5. The molecule has 4 heterocycles. The first-order chi connectivity index (χ1) is 34.5. The first-order valence-corrected chi connectivity index (χ1v) is 26.9. The van der Waals surface area contributed by atoms with Crippen molar-refractivity contribution in [3.63, 3.8) is 0 Å². The molecule has 15 heteroatoms. The number of hydrogen-bond acceptors (Lipinski definition) is 13. The van der Waals surface area contributed by atoms with Crippen LogP contribution in [0.3, 0.4) is 0 Å². The van der Waals surface area contributed by atoms with Crippen molar-refractivity contribution in [1.82, 2.24) is 0 Å². The summed E-state index contributed by atoms with van der Waals surface area (Å²) in [5.74, 6) is -4.67. The minimum atomic E-state index is -7.36. The maximum absolute atomic E-state index is 15.8. The quantitative estimate of drug-likeness (QED) is 0.120. The van der Waals surface area contributed by atoms with E-state index in [1.807, 2.05) is 0 Å². The van der Waals surface area contributed by atoms with Crippen molar-refractivity contribution in [3.05, 3.63) is 287 Å². The van der Waals surface area contributed by atoms with Crippen LogP contribution in [0.5, 0.6) is 0 Å². The van der Waals surface area contributed by atoms with Crippen LogP contribution in [0.15, 0.2) is 243 Å². The molecule has 0 unspecified atom stereocenters. The second-order valence-electron chi connectivity index (χ2n) is 17.4. The van der Waals surface area contributed by atoms with Crippen LogP contribution in [0.2, 0.25) is 0 Å². The van der Waals surface area contributed by atoms with Gasteiger partial charge < -0.3 is 0 Å². The van der Waals surface area contributed by atoms with E-state index >= 15 is 19.2 Å². The molecule has 4 aliphatic heterocycles. The Morgan fingerprint density at radius 1 is 0.239 bits per heavy atom. The Hall–Kier alpha value is -8.13. The Labute approximate surface area is 407 Å². The second-order valence-corrected chi connectivity index (χ2v) is 23.2. The van der Waals surface area contributed by atoms with Crippen LogP contribution in [0.25, 0.3) is 0 Å². The van der Waals surface area contributed by atoms with Crippen molar-refractivity contribution in [2.24, 2.45) is 0 Å². The topological polar surface area (TPSA) is 151 Å². The number of rotatable bonds is 10. The molecule has 4 saturated heterocycles. The normalized spacial score (nSPS) is 22.1. The zero-order valence-electron chi connectivity index (χ0n) is 37.4. The first-order valence-electron chi connectivity index (χ1n) is 22.8. The van der Waals surface area contributed by atoms with Gasteiger partial charge in [-0.1, -0.05) is 0 Å². The summed E-state index contributed by atoms with van der Waals surface area (Å²) >= 11 is 0. The van der Waals surface area contributed by atoms with E-state index < -0.39 is 63.4 Å². The van der Waals surface area contributed by atoms with Crippen molar-refractivity contribution in [2.45, 2.75) is 22.4 Å². The molecule has 4 aliphatic rings. The maximum atomic E-state index is 15.8. The van der Waals surface area contributed by atoms with Gasteiger partial charge in [-0.3, -0.25) is 0 Å². The Kier molecular flexibility index (Phi) is 9.75. The summed E-state index contributed by atoms with van der Waals surface area (Å²) in [6.07, 6.45) is 0. The van der Waals surface area contributed by atoms with Gasteiger partial charge in [0, 0.05) is 0 Å². The molecule has 352 valence electrons. The fourth-order valence-corrected chi connectivity index (χ4v) is 19.3. The summed E-state index contributed by atoms with van der Waals surface area (Å²) in [4.78, 5) is 63.0. The molecule has 2 spiro atoms.